The minimum Gasteiger partial charge on any atom is -0.548 e. The second-order valence-corrected chi connectivity index (χ2v) is 5.33. The number of ketones is 1. The zero-order valence-corrected chi connectivity index (χ0v) is 12.6. The van der Waals surface area contributed by atoms with Gasteiger partial charge in [-0.15, -0.1) is 0 Å². The molecule has 1 N–H and O–H groups in total. The molecule has 0 aliphatic rings. The number of hydrogen-bond acceptors (Lipinski definition) is 4. The van der Waals surface area contributed by atoms with Crippen molar-refractivity contribution in [3.8, 4) is 0 Å². The number of benzene rings is 2. The molecule has 4 heteroatoms. The van der Waals surface area contributed by atoms with Crippen LogP contribution in [0.1, 0.15) is 27.9 Å². The predicted molar refractivity (Wildman–Crippen MR) is 83.7 cm³/mol. The van der Waals surface area contributed by atoms with E-state index in [2.05, 4.69) is 5.32 Å². The lowest BCUT2D eigenvalue weighted by Crippen LogP contribution is -2.42. The standard InChI is InChI=1S/C18H19NO3/c1-12-8-9-13(2)15(10-12)19-16(18(21)22)11-17(20)14-6-4-3-5-7-14/h3-10,16,19H,11H2,1-2H3,(H,21,22)/p-1/t16-/m1/s1. The van der Waals surface area contributed by atoms with Crippen LogP contribution in [-0.2, 0) is 4.79 Å². The Bertz CT molecular complexity index is 680. The third-order valence-corrected chi connectivity index (χ3v) is 3.49. The first kappa shape index (κ1) is 15.8. The number of aliphatic carboxylic acids is 1. The molecule has 4 nitrogen and oxygen atoms in total. The van der Waals surface area contributed by atoms with Gasteiger partial charge in [0, 0.05) is 17.7 Å². The molecule has 0 amide bonds. The number of hydrogen-bond donors (Lipinski definition) is 1. The van der Waals surface area contributed by atoms with E-state index in [4.69, 9.17) is 0 Å². The highest BCUT2D eigenvalue weighted by molar-refractivity contribution is 5.99. The van der Waals surface area contributed by atoms with Crippen molar-refractivity contribution < 1.29 is 14.7 Å². The van der Waals surface area contributed by atoms with Crippen molar-refractivity contribution in [3.63, 3.8) is 0 Å². The molecule has 1 atom stereocenters. The van der Waals surface area contributed by atoms with Crippen molar-refractivity contribution in [2.45, 2.75) is 26.3 Å². The van der Waals surface area contributed by atoms with Crippen LogP contribution in [0.25, 0.3) is 0 Å². The fourth-order valence-electron chi connectivity index (χ4n) is 2.20. The molecule has 0 saturated heterocycles. The van der Waals surface area contributed by atoms with E-state index >= 15 is 0 Å². The highest BCUT2D eigenvalue weighted by atomic mass is 16.4. The number of aryl methyl sites for hydroxylation is 2. The highest BCUT2D eigenvalue weighted by Gasteiger charge is 2.17. The number of carboxylic acid groups (broad SMARTS) is 1. The van der Waals surface area contributed by atoms with E-state index in [1.807, 2.05) is 32.0 Å². The Morgan fingerprint density at radius 2 is 1.77 bits per heavy atom. The summed E-state index contributed by atoms with van der Waals surface area (Å²) in [7, 11) is 0. The molecule has 2 rings (SSSR count). The third-order valence-electron chi connectivity index (χ3n) is 3.49. The van der Waals surface area contributed by atoms with Gasteiger partial charge in [0.25, 0.3) is 0 Å². The van der Waals surface area contributed by atoms with Crippen molar-refractivity contribution in [2.75, 3.05) is 5.32 Å². The first-order chi connectivity index (χ1) is 10.5. The van der Waals surface area contributed by atoms with E-state index in [0.717, 1.165) is 11.1 Å². The maximum Gasteiger partial charge on any atom is 0.165 e. The monoisotopic (exact) mass is 296 g/mol. The number of carboxylic acids is 1. The molecule has 2 aromatic carbocycles. The molecule has 0 heterocycles. The van der Waals surface area contributed by atoms with Crippen LogP contribution in [-0.4, -0.2) is 17.8 Å². The Morgan fingerprint density at radius 1 is 1.09 bits per heavy atom. The number of carbonyl (C=O) groups excluding carboxylic acids is 2. The van der Waals surface area contributed by atoms with Gasteiger partial charge in [0.2, 0.25) is 0 Å². The Hall–Kier alpha value is -2.62. The first-order valence-electron chi connectivity index (χ1n) is 7.10. The van der Waals surface area contributed by atoms with Crippen LogP contribution in [0, 0.1) is 13.8 Å². The first-order valence-corrected chi connectivity index (χ1v) is 7.10. The van der Waals surface area contributed by atoms with Gasteiger partial charge in [0.15, 0.2) is 5.78 Å². The summed E-state index contributed by atoms with van der Waals surface area (Å²) in [6.07, 6.45) is -0.153. The Labute approximate surface area is 129 Å². The van der Waals surface area contributed by atoms with Gasteiger partial charge in [0.1, 0.15) is 0 Å². The average molecular weight is 296 g/mol. The number of rotatable bonds is 6. The second kappa shape index (κ2) is 6.89. The van der Waals surface area contributed by atoms with Gasteiger partial charge in [0.05, 0.1) is 12.0 Å². The van der Waals surface area contributed by atoms with Crippen molar-refractivity contribution in [1.29, 1.82) is 0 Å². The van der Waals surface area contributed by atoms with Crippen LogP contribution in [0.4, 0.5) is 5.69 Å². The number of nitrogens with one attached hydrogen (secondary N) is 1. The minimum atomic E-state index is -1.29. The van der Waals surface area contributed by atoms with Gasteiger partial charge in [-0.2, -0.15) is 0 Å². The Morgan fingerprint density at radius 3 is 2.41 bits per heavy atom. The molecule has 0 unspecified atom stereocenters. The molecule has 0 fully saturated rings. The molecule has 2 aromatic rings. The molecule has 0 aromatic heterocycles. The van der Waals surface area contributed by atoms with E-state index in [1.54, 1.807) is 30.3 Å². The molecule has 0 radical (unpaired) electrons. The molecular formula is C18H18NO3-. The molecular weight excluding hydrogens is 278 g/mol. The fourth-order valence-corrected chi connectivity index (χ4v) is 2.20. The molecule has 0 saturated carbocycles. The summed E-state index contributed by atoms with van der Waals surface area (Å²) < 4.78 is 0. The van der Waals surface area contributed by atoms with Gasteiger partial charge in [-0.25, -0.2) is 0 Å². The normalized spacial score (nSPS) is 11.7. The van der Waals surface area contributed by atoms with Crippen LogP contribution < -0.4 is 10.4 Å². The SMILES string of the molecule is Cc1ccc(C)c(N[C@H](CC(=O)c2ccccc2)C(=O)[O-])c1. The molecule has 0 bridgehead atoms. The lowest BCUT2D eigenvalue weighted by atomic mass is 10.0. The van der Waals surface area contributed by atoms with Gasteiger partial charge in [-0.05, 0) is 31.0 Å². The van der Waals surface area contributed by atoms with Crippen LogP contribution >= 0.6 is 0 Å². The predicted octanol–water partition coefficient (Wildman–Crippen LogP) is 2.11. The molecule has 114 valence electrons. The number of carbonyl (C=O) groups is 2. The second-order valence-electron chi connectivity index (χ2n) is 5.33. The van der Waals surface area contributed by atoms with Crippen LogP contribution in [0.3, 0.4) is 0 Å². The molecule has 0 aliphatic heterocycles. The minimum absolute atomic E-state index is 0.153. The largest absolute Gasteiger partial charge is 0.548 e. The summed E-state index contributed by atoms with van der Waals surface area (Å²) >= 11 is 0. The Kier molecular flexibility index (Phi) is 4.94. The molecule has 0 spiro atoms. The smallest absolute Gasteiger partial charge is 0.165 e. The van der Waals surface area contributed by atoms with Crippen molar-refractivity contribution in [2.24, 2.45) is 0 Å². The quantitative estimate of drug-likeness (QED) is 0.829. The van der Waals surface area contributed by atoms with Crippen molar-refractivity contribution >= 4 is 17.4 Å². The van der Waals surface area contributed by atoms with E-state index in [0.29, 0.717) is 11.3 Å². The number of Topliss-reactive ketones (excluding diaryl/α,β-unsaturated/α-hetero) is 1. The molecule has 22 heavy (non-hydrogen) atoms. The van der Waals surface area contributed by atoms with Crippen molar-refractivity contribution in [3.05, 3.63) is 65.2 Å². The lowest BCUT2D eigenvalue weighted by Gasteiger charge is -2.22. The van der Waals surface area contributed by atoms with Gasteiger partial charge >= 0.3 is 0 Å². The van der Waals surface area contributed by atoms with E-state index in [9.17, 15) is 14.7 Å². The van der Waals surface area contributed by atoms with Gasteiger partial charge < -0.3 is 15.2 Å². The maximum absolute atomic E-state index is 12.2. The average Bonchev–Trinajstić information content (AvgIpc) is 2.50. The topological polar surface area (TPSA) is 69.2 Å². The summed E-state index contributed by atoms with van der Waals surface area (Å²) in [6, 6.07) is 13.3. The summed E-state index contributed by atoms with van der Waals surface area (Å²) in [5.74, 6) is -1.52. The summed E-state index contributed by atoms with van der Waals surface area (Å²) in [6.45, 7) is 3.81. The maximum atomic E-state index is 12.2. The summed E-state index contributed by atoms with van der Waals surface area (Å²) in [5, 5.41) is 14.2. The van der Waals surface area contributed by atoms with Crippen LogP contribution in [0.2, 0.25) is 0 Å². The van der Waals surface area contributed by atoms with Crippen LogP contribution in [0.15, 0.2) is 48.5 Å². The van der Waals surface area contributed by atoms with E-state index in [-0.39, 0.29) is 12.2 Å². The van der Waals surface area contributed by atoms with E-state index in [1.165, 1.54) is 0 Å². The van der Waals surface area contributed by atoms with Crippen LogP contribution in [0.5, 0.6) is 0 Å². The van der Waals surface area contributed by atoms with Gasteiger partial charge in [-0.1, -0.05) is 42.5 Å². The highest BCUT2D eigenvalue weighted by Crippen LogP contribution is 2.18. The lowest BCUT2D eigenvalue weighted by molar-refractivity contribution is -0.306. The van der Waals surface area contributed by atoms with Crippen molar-refractivity contribution in [1.82, 2.24) is 0 Å². The zero-order chi connectivity index (χ0) is 16.1. The fraction of sp³-hybridized carbons (Fsp3) is 0.222. The third kappa shape index (κ3) is 3.95. The summed E-state index contributed by atoms with van der Waals surface area (Å²) in [4.78, 5) is 23.5. The summed E-state index contributed by atoms with van der Waals surface area (Å²) in [5.41, 5.74) is 3.13. The Balaban J connectivity index is 2.15. The zero-order valence-electron chi connectivity index (χ0n) is 12.6. The van der Waals surface area contributed by atoms with E-state index < -0.39 is 12.0 Å². The van der Waals surface area contributed by atoms with Gasteiger partial charge in [-0.3, -0.25) is 4.79 Å². The number of anilines is 1. The molecule has 0 aliphatic carbocycles.